The van der Waals surface area contributed by atoms with Crippen molar-refractivity contribution in [2.45, 2.75) is 123 Å². The number of primary amides is 1. The van der Waals surface area contributed by atoms with E-state index >= 15 is 0 Å². The molecule has 13 N–H and O–H groups in total. The van der Waals surface area contributed by atoms with Gasteiger partial charge >= 0.3 is 5.97 Å². The molecule has 8 atom stereocenters. The fourth-order valence-corrected chi connectivity index (χ4v) is 5.41. The Morgan fingerprint density at radius 2 is 1.19 bits per heavy atom. The predicted octanol–water partition coefficient (Wildman–Crippen LogP) is -1.56. The number of carboxylic acids is 1. The first-order valence-corrected chi connectivity index (χ1v) is 19.5. The second-order valence-electron chi connectivity index (χ2n) is 13.5. The van der Waals surface area contributed by atoms with Crippen molar-refractivity contribution in [1.82, 2.24) is 31.9 Å². The molecule has 0 fully saturated rings. The molecule has 19 heteroatoms. The van der Waals surface area contributed by atoms with E-state index in [0.717, 1.165) is 0 Å². The minimum absolute atomic E-state index is 0.174. The molecule has 0 heterocycles. The largest absolute Gasteiger partial charge is 0.480 e. The van der Waals surface area contributed by atoms with Gasteiger partial charge in [0, 0.05) is 0 Å². The van der Waals surface area contributed by atoms with E-state index in [9.17, 15) is 43.5 Å². The Morgan fingerprint density at radius 3 is 1.68 bits per heavy atom. The number of carbonyl (C=O) groups is 8. The third-order valence-corrected chi connectivity index (χ3v) is 9.54. The molecule has 0 aromatic heterocycles. The summed E-state index contributed by atoms with van der Waals surface area (Å²) in [6.45, 7) is 10.3. The first-order valence-electron chi connectivity index (χ1n) is 18.1. The van der Waals surface area contributed by atoms with Crippen LogP contribution >= 0.6 is 11.8 Å². The van der Waals surface area contributed by atoms with Crippen LogP contribution in [0.5, 0.6) is 0 Å². The highest BCUT2D eigenvalue weighted by Crippen LogP contribution is 2.13. The summed E-state index contributed by atoms with van der Waals surface area (Å²) < 4.78 is 0. The number of thioether (sulfide) groups is 1. The SMILES string of the molecule is CC[C@H](C)[C@@H](NC(=O)CNC(=O)[C@@H](CCSC)NC(=O)[C@@H](CCCCN)NC(=O)[C@H](N)C(C)C)C(=O)N[C@@H](C(=O)N[C@H](CC(N)=O)C(=O)O)[C@@H](C)CC. The van der Waals surface area contributed by atoms with E-state index in [2.05, 4.69) is 31.9 Å². The lowest BCUT2D eigenvalue weighted by atomic mass is 9.94. The Bertz CT molecular complexity index is 1240. The van der Waals surface area contributed by atoms with Crippen molar-refractivity contribution < 1.29 is 43.5 Å². The standard InChI is InChI=1S/C34H63N9O9S/c1-8-19(5)27(33(50)43-28(20(6)9-2)32(49)41-23(34(51)52)16-24(36)44)42-25(45)17-38-29(46)22(13-15-53-7)39-30(47)21(12-10-11-14-35)40-31(48)26(37)18(3)4/h18-23,26-28H,8-17,35,37H2,1-7H3,(H2,36,44)(H,38,46)(H,39,47)(H,40,48)(H,41,49)(H,42,45)(H,43,50)(H,51,52)/t19-,20-,21+,22+,23+,26+,27+,28+/m0/s1. The second kappa shape index (κ2) is 25.9. The van der Waals surface area contributed by atoms with Gasteiger partial charge < -0.3 is 54.2 Å². The number of hydrogen-bond donors (Lipinski definition) is 10. The Kier molecular flexibility index (Phi) is 24.0. The molecule has 0 aliphatic heterocycles. The maximum absolute atomic E-state index is 13.5. The number of hydrogen-bond acceptors (Lipinski definition) is 11. The van der Waals surface area contributed by atoms with Crippen LogP contribution in [0.1, 0.15) is 86.5 Å². The average molecular weight is 774 g/mol. The first-order chi connectivity index (χ1) is 24.8. The zero-order chi connectivity index (χ0) is 40.8. The first kappa shape index (κ1) is 49.0. The number of carbonyl (C=O) groups excluding carboxylic acids is 7. The normalized spacial score (nSPS) is 15.7. The molecule has 0 aromatic carbocycles. The molecule has 0 aliphatic rings. The van der Waals surface area contributed by atoms with Gasteiger partial charge in [-0.25, -0.2) is 4.79 Å². The molecule has 7 amide bonds. The third kappa shape index (κ3) is 18.6. The van der Waals surface area contributed by atoms with Crippen LogP contribution in [0.4, 0.5) is 0 Å². The summed E-state index contributed by atoms with van der Waals surface area (Å²) in [5.41, 5.74) is 16.7. The van der Waals surface area contributed by atoms with Gasteiger partial charge in [0.1, 0.15) is 30.2 Å². The molecule has 0 aliphatic carbocycles. The van der Waals surface area contributed by atoms with Crippen molar-refractivity contribution in [3.05, 3.63) is 0 Å². The van der Waals surface area contributed by atoms with Gasteiger partial charge in [-0.05, 0) is 62.0 Å². The number of nitrogens with one attached hydrogen (secondary N) is 6. The molecule has 304 valence electrons. The molecule has 0 saturated carbocycles. The molecule has 0 unspecified atom stereocenters. The van der Waals surface area contributed by atoms with Gasteiger partial charge in [-0.15, -0.1) is 0 Å². The predicted molar refractivity (Wildman–Crippen MR) is 202 cm³/mol. The van der Waals surface area contributed by atoms with Crippen molar-refractivity contribution in [2.75, 3.05) is 25.1 Å². The number of nitrogens with two attached hydrogens (primary N) is 3. The molecular weight excluding hydrogens is 710 g/mol. The number of carboxylic acid groups (broad SMARTS) is 1. The summed E-state index contributed by atoms with van der Waals surface area (Å²) in [5, 5.41) is 24.8. The molecule has 18 nitrogen and oxygen atoms in total. The molecule has 0 saturated heterocycles. The highest BCUT2D eigenvalue weighted by Gasteiger charge is 2.35. The molecule has 0 rings (SSSR count). The monoisotopic (exact) mass is 773 g/mol. The van der Waals surface area contributed by atoms with Gasteiger partial charge in [0.05, 0.1) is 19.0 Å². The maximum atomic E-state index is 13.5. The van der Waals surface area contributed by atoms with Gasteiger partial charge in [0.2, 0.25) is 41.4 Å². The van der Waals surface area contributed by atoms with Crippen molar-refractivity contribution in [1.29, 1.82) is 0 Å². The number of unbranched alkanes of at least 4 members (excludes halogenated alkanes) is 1. The summed E-state index contributed by atoms with van der Waals surface area (Å²) in [5.74, 6) is -7.03. The Balaban J connectivity index is 5.85. The van der Waals surface area contributed by atoms with Crippen LogP contribution in [0.3, 0.4) is 0 Å². The minimum Gasteiger partial charge on any atom is -0.480 e. The van der Waals surface area contributed by atoms with Crippen LogP contribution in [0.2, 0.25) is 0 Å². The van der Waals surface area contributed by atoms with Crippen LogP contribution in [-0.4, -0.2) is 114 Å². The van der Waals surface area contributed by atoms with E-state index in [-0.39, 0.29) is 18.8 Å². The number of rotatable bonds is 27. The van der Waals surface area contributed by atoms with Crippen LogP contribution in [0.15, 0.2) is 0 Å². The van der Waals surface area contributed by atoms with E-state index < -0.39 is 108 Å². The Morgan fingerprint density at radius 1 is 0.679 bits per heavy atom. The smallest absolute Gasteiger partial charge is 0.326 e. The maximum Gasteiger partial charge on any atom is 0.326 e. The van der Waals surface area contributed by atoms with E-state index in [1.54, 1.807) is 41.5 Å². The highest BCUT2D eigenvalue weighted by molar-refractivity contribution is 7.98. The van der Waals surface area contributed by atoms with Crippen LogP contribution in [-0.2, 0) is 38.4 Å². The van der Waals surface area contributed by atoms with Crippen LogP contribution in [0, 0.1) is 17.8 Å². The second-order valence-corrected chi connectivity index (χ2v) is 14.5. The lowest BCUT2D eigenvalue weighted by molar-refractivity contribution is -0.144. The number of aliphatic carboxylic acids is 1. The van der Waals surface area contributed by atoms with Crippen LogP contribution in [0.25, 0.3) is 0 Å². The fraction of sp³-hybridized carbons (Fsp3) is 0.765. The third-order valence-electron chi connectivity index (χ3n) is 8.89. The molecule has 0 bridgehead atoms. The van der Waals surface area contributed by atoms with E-state index in [4.69, 9.17) is 17.2 Å². The number of amides is 7. The molecule has 0 radical (unpaired) electrons. The summed E-state index contributed by atoms with van der Waals surface area (Å²) in [7, 11) is 0. The van der Waals surface area contributed by atoms with Gasteiger partial charge in [0.15, 0.2) is 0 Å². The van der Waals surface area contributed by atoms with Gasteiger partial charge in [-0.3, -0.25) is 33.6 Å². The molecule has 0 spiro atoms. The molecular formula is C34H63N9O9S. The van der Waals surface area contributed by atoms with E-state index in [1.165, 1.54) is 11.8 Å². The lowest BCUT2D eigenvalue weighted by Crippen LogP contribution is -2.60. The lowest BCUT2D eigenvalue weighted by Gasteiger charge is -2.29. The summed E-state index contributed by atoms with van der Waals surface area (Å²) in [6.07, 6.45) is 3.68. The Labute approximate surface area is 316 Å². The van der Waals surface area contributed by atoms with Crippen molar-refractivity contribution >= 4 is 59.1 Å². The zero-order valence-electron chi connectivity index (χ0n) is 32.1. The van der Waals surface area contributed by atoms with E-state index in [0.29, 0.717) is 38.0 Å². The summed E-state index contributed by atoms with van der Waals surface area (Å²) in [4.78, 5) is 102. The van der Waals surface area contributed by atoms with Crippen molar-refractivity contribution in [2.24, 2.45) is 35.0 Å². The molecule has 0 aromatic rings. The molecule has 53 heavy (non-hydrogen) atoms. The van der Waals surface area contributed by atoms with Crippen LogP contribution < -0.4 is 49.1 Å². The van der Waals surface area contributed by atoms with Gasteiger partial charge in [-0.2, -0.15) is 11.8 Å². The van der Waals surface area contributed by atoms with Gasteiger partial charge in [0.25, 0.3) is 0 Å². The van der Waals surface area contributed by atoms with Gasteiger partial charge in [-0.1, -0.05) is 54.4 Å². The summed E-state index contributed by atoms with van der Waals surface area (Å²) in [6, 6.07) is -6.83. The van der Waals surface area contributed by atoms with Crippen molar-refractivity contribution in [3.63, 3.8) is 0 Å². The average Bonchev–Trinajstić information content (AvgIpc) is 3.10. The zero-order valence-corrected chi connectivity index (χ0v) is 32.9. The minimum atomic E-state index is -1.61. The van der Waals surface area contributed by atoms with E-state index in [1.807, 2.05) is 6.26 Å². The summed E-state index contributed by atoms with van der Waals surface area (Å²) >= 11 is 1.44. The fourth-order valence-electron chi connectivity index (χ4n) is 4.93. The highest BCUT2D eigenvalue weighted by atomic mass is 32.2. The topological polar surface area (TPSA) is 307 Å². The Hall–Kier alpha value is -3.97. The van der Waals surface area contributed by atoms with Crippen molar-refractivity contribution in [3.8, 4) is 0 Å². The quantitative estimate of drug-likeness (QED) is 0.0424.